The monoisotopic (exact) mass is 2040 g/mol. The topological polar surface area (TPSA) is 329 Å². The minimum atomic E-state index is -1.11. The first kappa shape index (κ1) is 109. The number of alkyl halides is 1. The molecule has 1 unspecified atom stereocenters. The van der Waals surface area contributed by atoms with E-state index in [1.807, 2.05) is 64.7 Å². The molecule has 7 N–H and O–H groups in total. The molecule has 16 rings (SSSR count). The summed E-state index contributed by atoms with van der Waals surface area (Å²) in [5.41, 5.74) is 16.3. The van der Waals surface area contributed by atoms with Gasteiger partial charge in [-0.15, -0.1) is 0 Å². The minimum Gasteiger partial charge on any atom is -0.396 e. The predicted octanol–water partition coefficient (Wildman–Crippen LogP) is 23.3. The van der Waals surface area contributed by atoms with Crippen molar-refractivity contribution in [3.63, 3.8) is 0 Å². The standard InChI is InChI=1S/C22H35N7OSi.C18H29ClN4OSi.C17H27ClN4OSi.C12H17Cl2N3OSi.C6H3Cl2N3.C6H15ClOSi.C5H11N.C4H7N3/c1-16(17-7-8-17)28(3)20-19-9-10-29(15-30-11-12-31(4,5)6)21(19)26-22(25-20)24-18-13-23-27(2)14-18;1-13(14-6-7-14)22(2)16-15-8-9-23(17(15)21-18(19)20-16)12-24-10-11-25(3,4)5;1-12(13-5-6-13)19-15-14-7-8-22(16(14)21-17(18)20-15)11-23-9-10-24(2,3)4;1-19(2,3)7-6-18-8-17-5-4-9-10(13)15-12(14)16-11(9)17;7-4-3-1-2-9-5(3)11-6(8)10-4;1-9(2,3)5-4-8-6-7;1-4(6)5-2-3-5;1-7-3-4(5)2-6-7/h9-10,13-14,16-17H,7-8,11-12,15H2,1-6H3,(H,24,25,26);8-9,13-14H,6-7,10-12H2,1-5H3;7-8,12-13H,5-6,9-11H2,1-4H3,(H,19,20,21);4-5H,6-8H2,1-3H3;1-2H,(H,9,10,11);4-6H2,1-3H3;4-5H,2-3,6H2,1H3;2-3H,5H2,1H3/t;13-;12-;;;;4-;/m.00...0./s1. The molecule has 4 aliphatic rings. The van der Waals surface area contributed by atoms with Gasteiger partial charge in [-0.25, -0.2) is 15.0 Å². The molecular weight excluding hydrogens is 1900 g/mol. The number of anilines is 6. The summed E-state index contributed by atoms with van der Waals surface area (Å²) in [7, 11) is 2.79. The van der Waals surface area contributed by atoms with Crippen LogP contribution in [0.3, 0.4) is 0 Å². The highest BCUT2D eigenvalue weighted by Crippen LogP contribution is 2.41. The average molecular weight is 2040 g/mol. The van der Waals surface area contributed by atoms with Crippen molar-refractivity contribution in [3.05, 3.63) is 118 Å². The van der Waals surface area contributed by atoms with Crippen LogP contribution in [-0.4, -0.2) is 210 Å². The molecule has 4 fully saturated rings. The Morgan fingerprint density at radius 2 is 0.811 bits per heavy atom. The number of aryl methyl sites for hydroxylation is 2. The van der Waals surface area contributed by atoms with Crippen LogP contribution in [0.1, 0.15) is 79.1 Å². The number of nitrogens with two attached hydrogens (primary N) is 2. The normalized spacial score (nSPS) is 14.9. The maximum absolute atomic E-state index is 6.22. The Balaban J connectivity index is 0.000000178. The van der Waals surface area contributed by atoms with E-state index >= 15 is 0 Å². The van der Waals surface area contributed by atoms with Crippen molar-refractivity contribution < 1.29 is 23.7 Å². The van der Waals surface area contributed by atoms with Crippen LogP contribution in [-0.2, 0) is 64.7 Å². The van der Waals surface area contributed by atoms with Gasteiger partial charge >= 0.3 is 0 Å². The molecular formula is C90H144Cl7N25O5Si5. The van der Waals surface area contributed by atoms with Gasteiger partial charge in [-0.1, -0.05) is 133 Å². The number of nitrogen functional groups attached to an aromatic ring is 1. The Hall–Kier alpha value is -6.61. The summed E-state index contributed by atoms with van der Waals surface area (Å²) < 4.78 is 39.8. The van der Waals surface area contributed by atoms with E-state index in [9.17, 15) is 0 Å². The molecule has 0 bridgehead atoms. The van der Waals surface area contributed by atoms with E-state index in [0.29, 0.717) is 95.7 Å². The second-order valence-corrected chi connectivity index (χ2v) is 71.4. The predicted molar refractivity (Wildman–Crippen MR) is 563 cm³/mol. The van der Waals surface area contributed by atoms with Crippen molar-refractivity contribution in [2.75, 3.05) is 79.4 Å². The first-order valence-corrected chi connectivity index (χ1v) is 67.1. The fraction of sp³-hybridized carbons (Fsp3) is 0.600. The lowest BCUT2D eigenvalue weighted by Crippen LogP contribution is -2.31. The molecule has 30 nitrogen and oxygen atoms in total. The summed E-state index contributed by atoms with van der Waals surface area (Å²) in [6.07, 6.45) is 27.3. The summed E-state index contributed by atoms with van der Waals surface area (Å²) in [4.78, 5) is 50.7. The van der Waals surface area contributed by atoms with Crippen LogP contribution in [0.5, 0.6) is 0 Å². The largest absolute Gasteiger partial charge is 0.396 e. The molecule has 4 atom stereocenters. The zero-order valence-corrected chi connectivity index (χ0v) is 92.0. The highest BCUT2D eigenvalue weighted by atomic mass is 35.5. The van der Waals surface area contributed by atoms with E-state index in [-0.39, 0.29) is 15.9 Å². The molecule has 0 radical (unpaired) electrons. The summed E-state index contributed by atoms with van der Waals surface area (Å²) in [5.74, 6) is 6.41. The quantitative estimate of drug-likeness (QED) is 0.00800. The van der Waals surface area contributed by atoms with E-state index < -0.39 is 40.4 Å². The van der Waals surface area contributed by atoms with Crippen LogP contribution in [0.4, 0.5) is 34.8 Å². The van der Waals surface area contributed by atoms with Crippen LogP contribution >= 0.6 is 81.2 Å². The first-order chi connectivity index (χ1) is 62.1. The number of fused-ring (bicyclic) bond motifs is 5. The van der Waals surface area contributed by atoms with Crippen LogP contribution in [0.15, 0.2) is 86.1 Å². The molecule has 132 heavy (non-hydrogen) atoms. The molecule has 0 aliphatic heterocycles. The van der Waals surface area contributed by atoms with E-state index in [1.54, 1.807) is 40.2 Å². The molecule has 42 heteroatoms. The molecule has 12 aromatic heterocycles. The zero-order chi connectivity index (χ0) is 96.7. The number of aromatic nitrogens is 19. The van der Waals surface area contributed by atoms with E-state index in [0.717, 1.165) is 148 Å². The van der Waals surface area contributed by atoms with Gasteiger partial charge in [0.2, 0.25) is 27.1 Å². The van der Waals surface area contributed by atoms with Gasteiger partial charge in [-0.3, -0.25) is 9.36 Å². The van der Waals surface area contributed by atoms with E-state index in [1.165, 1.54) is 57.4 Å². The van der Waals surface area contributed by atoms with Gasteiger partial charge in [0.05, 0.1) is 50.7 Å². The zero-order valence-electron chi connectivity index (χ0n) is 81.8. The Bertz CT molecular complexity index is 5530. The first-order valence-electron chi connectivity index (χ1n) is 45.8. The third-order valence-electron chi connectivity index (χ3n) is 22.9. The van der Waals surface area contributed by atoms with Gasteiger partial charge in [0, 0.05) is 169 Å². The Labute approximate surface area is 820 Å². The fourth-order valence-electron chi connectivity index (χ4n) is 13.5. The molecule has 4 aliphatic carbocycles. The number of hydrogen-bond donors (Lipinski definition) is 5. The molecule has 728 valence electrons. The number of nitrogens with zero attached hydrogens (tertiary/aromatic N) is 20. The molecule has 0 spiro atoms. The summed E-state index contributed by atoms with van der Waals surface area (Å²) >= 11 is 40.8. The van der Waals surface area contributed by atoms with Gasteiger partial charge in [0.1, 0.15) is 89.0 Å². The Kier molecular flexibility index (Phi) is 41.4. The highest BCUT2D eigenvalue weighted by molar-refractivity contribution is 6.77. The van der Waals surface area contributed by atoms with Gasteiger partial charge in [0.15, 0.2) is 0 Å². The number of H-pyrrole nitrogens is 1. The Morgan fingerprint density at radius 1 is 0.439 bits per heavy atom. The van der Waals surface area contributed by atoms with E-state index in [2.05, 4.69) is 238 Å². The van der Waals surface area contributed by atoms with Gasteiger partial charge in [-0.2, -0.15) is 45.1 Å². The number of rotatable bonds is 36. The Morgan fingerprint density at radius 3 is 1.20 bits per heavy atom. The second kappa shape index (κ2) is 50.1. The second-order valence-electron chi connectivity index (χ2n) is 41.0. The van der Waals surface area contributed by atoms with Gasteiger partial charge in [-0.05, 0) is 210 Å². The lowest BCUT2D eigenvalue weighted by molar-refractivity contribution is 0.0898. The average Bonchev–Trinajstić information content (AvgIpc) is 1.62. The number of halogens is 7. The minimum absolute atomic E-state index is 0.152. The lowest BCUT2D eigenvalue weighted by Gasteiger charge is -2.27. The summed E-state index contributed by atoms with van der Waals surface area (Å²) in [5, 5.41) is 21.2. The molecule has 0 saturated heterocycles. The lowest BCUT2D eigenvalue weighted by atomic mass is 10.2. The van der Waals surface area contributed by atoms with E-state index in [4.69, 9.17) is 126 Å². The van der Waals surface area contributed by atoms with Crippen molar-refractivity contribution in [2.24, 2.45) is 43.5 Å². The van der Waals surface area contributed by atoms with Gasteiger partial charge in [0.25, 0.3) is 0 Å². The van der Waals surface area contributed by atoms with Gasteiger partial charge < -0.3 is 78.8 Å². The molecule has 4 saturated carbocycles. The van der Waals surface area contributed by atoms with Crippen molar-refractivity contribution in [1.29, 1.82) is 0 Å². The van der Waals surface area contributed by atoms with Crippen molar-refractivity contribution in [1.82, 2.24) is 92.7 Å². The third kappa shape index (κ3) is 37.0. The van der Waals surface area contributed by atoms with Crippen LogP contribution in [0, 0.1) is 23.7 Å². The van der Waals surface area contributed by atoms with Crippen LogP contribution in [0.25, 0.3) is 55.2 Å². The third-order valence-corrected chi connectivity index (χ3v) is 32.8. The van der Waals surface area contributed by atoms with Crippen molar-refractivity contribution in [2.45, 2.75) is 259 Å². The number of hydrogen-bond acceptors (Lipinski definition) is 23. The molecule has 0 amide bonds. The maximum atomic E-state index is 6.22. The number of nitrogens with one attached hydrogen (secondary N) is 3. The van der Waals surface area contributed by atoms with Crippen LogP contribution in [0.2, 0.25) is 160 Å². The van der Waals surface area contributed by atoms with Crippen molar-refractivity contribution >= 4 is 212 Å². The number of aromatic amines is 1. The summed E-state index contributed by atoms with van der Waals surface area (Å²) in [6.45, 7) is 50.0. The fourth-order valence-corrected chi connectivity index (χ4v) is 18.6. The maximum Gasteiger partial charge on any atom is 0.231 e. The molecule has 12 heterocycles. The molecule has 0 aromatic carbocycles. The SMILES string of the molecule is CC(C1CC1)N(C)c1nc(Nc2cnn(C)c2)nc2c1ccn2COCC[Si](C)(C)C.C[C@@H](C1CC1)N(C)c1nc(Cl)nc2c1ccn2COCC[Si](C)(C)C.C[C@H](N)C1CC1.C[C@H](Nc1nc(Cl)nc2c1ccn2COCC[Si](C)(C)C)C1CC1.C[Si](C)(C)CCOCCl.C[Si](C)(C)CCOCn1ccc2c(Cl)nc(Cl)nc21.Clc1nc(Cl)c2cc[nH]c2n1.Cn1cc(N)cn1. The highest BCUT2D eigenvalue weighted by Gasteiger charge is 2.35. The summed E-state index contributed by atoms with van der Waals surface area (Å²) in [6, 6.07) is 17.8. The van der Waals surface area contributed by atoms with Crippen molar-refractivity contribution in [3.8, 4) is 0 Å². The molecule has 12 aromatic rings. The number of ether oxygens (including phenoxy) is 5. The van der Waals surface area contributed by atoms with Crippen LogP contribution < -0.4 is 31.9 Å². The smallest absolute Gasteiger partial charge is 0.231 e.